The van der Waals surface area contributed by atoms with E-state index in [1.807, 2.05) is 46.1 Å². The van der Waals surface area contributed by atoms with Crippen LogP contribution in [-0.4, -0.2) is 64.0 Å². The quantitative estimate of drug-likeness (QED) is 0.669. The molecule has 1 aromatic heterocycles. The number of amides is 1. The average molecular weight is 391 g/mol. The van der Waals surface area contributed by atoms with Crippen LogP contribution in [0.2, 0.25) is 0 Å². The van der Waals surface area contributed by atoms with Gasteiger partial charge in [0, 0.05) is 38.3 Å². The zero-order valence-corrected chi connectivity index (χ0v) is 16.8. The summed E-state index contributed by atoms with van der Waals surface area (Å²) in [5.41, 5.74) is 3.92. The van der Waals surface area contributed by atoms with Crippen LogP contribution in [0.3, 0.4) is 0 Å². The van der Waals surface area contributed by atoms with Gasteiger partial charge in [0.1, 0.15) is 5.75 Å². The van der Waals surface area contributed by atoms with Crippen LogP contribution >= 0.6 is 0 Å². The topological polar surface area (TPSA) is 63.5 Å². The smallest absolute Gasteiger partial charge is 0.254 e. The molecule has 0 aliphatic carbocycles. The maximum atomic E-state index is 12.8. The van der Waals surface area contributed by atoms with E-state index >= 15 is 0 Å². The highest BCUT2D eigenvalue weighted by Gasteiger charge is 2.23. The van der Waals surface area contributed by atoms with Crippen molar-refractivity contribution in [2.24, 2.45) is 0 Å². The Kier molecular flexibility index (Phi) is 5.57. The van der Waals surface area contributed by atoms with Crippen LogP contribution in [0.5, 0.6) is 5.75 Å². The van der Waals surface area contributed by atoms with Crippen molar-refractivity contribution < 1.29 is 9.53 Å². The van der Waals surface area contributed by atoms with Crippen LogP contribution in [0.4, 0.5) is 0 Å². The van der Waals surface area contributed by atoms with Gasteiger partial charge in [-0.25, -0.2) is 4.68 Å². The number of para-hydroxylation sites is 1. The first kappa shape index (κ1) is 19.1. The van der Waals surface area contributed by atoms with E-state index < -0.39 is 0 Å². The van der Waals surface area contributed by atoms with Crippen molar-refractivity contribution in [2.75, 3.05) is 33.3 Å². The van der Waals surface area contributed by atoms with Crippen LogP contribution in [0, 0.1) is 6.92 Å². The van der Waals surface area contributed by atoms with E-state index in [-0.39, 0.29) is 5.91 Å². The summed E-state index contributed by atoms with van der Waals surface area (Å²) in [5, 5.41) is 8.39. The summed E-state index contributed by atoms with van der Waals surface area (Å²) in [7, 11) is 1.61. The van der Waals surface area contributed by atoms with Gasteiger partial charge in [0.05, 0.1) is 24.7 Å². The maximum absolute atomic E-state index is 12.8. The Hall–Kier alpha value is -3.19. The molecule has 2 heterocycles. The molecule has 1 fully saturated rings. The normalized spacial score (nSPS) is 14.8. The van der Waals surface area contributed by atoms with Gasteiger partial charge < -0.3 is 9.64 Å². The molecule has 2 aromatic carbocycles. The molecule has 7 heteroatoms. The number of hydrogen-bond donors (Lipinski definition) is 0. The summed E-state index contributed by atoms with van der Waals surface area (Å²) in [6.07, 6.45) is 1.82. The zero-order chi connectivity index (χ0) is 20.2. The average Bonchev–Trinajstić information content (AvgIpc) is 3.22. The number of carbonyl (C=O) groups is 1. The Balaban J connectivity index is 1.39. The fraction of sp³-hybridized carbons (Fsp3) is 0.318. The molecule has 7 nitrogen and oxygen atoms in total. The standard InChI is InChI=1S/C22H25N5O2/c1-17-6-3-4-9-21(17)27-19(15-23-24-27)16-25-10-12-26(13-11-25)22(28)18-7-5-8-20(14-18)29-2/h3-9,14-15H,10-13,16H2,1-2H3. The largest absolute Gasteiger partial charge is 0.497 e. The number of hydrogen-bond acceptors (Lipinski definition) is 5. The number of ether oxygens (including phenoxy) is 1. The molecule has 0 saturated carbocycles. The molecule has 1 aliphatic rings. The lowest BCUT2D eigenvalue weighted by Gasteiger charge is -2.34. The minimum atomic E-state index is 0.0511. The Labute approximate surface area is 170 Å². The molecule has 29 heavy (non-hydrogen) atoms. The molecule has 0 bridgehead atoms. The van der Waals surface area contributed by atoms with E-state index in [9.17, 15) is 4.79 Å². The first-order valence-corrected chi connectivity index (χ1v) is 9.77. The van der Waals surface area contributed by atoms with Gasteiger partial charge in [-0.05, 0) is 36.8 Å². The molecule has 150 valence electrons. The van der Waals surface area contributed by atoms with Crippen molar-refractivity contribution in [3.05, 3.63) is 71.5 Å². The van der Waals surface area contributed by atoms with Crippen LogP contribution in [-0.2, 0) is 6.54 Å². The van der Waals surface area contributed by atoms with E-state index in [1.165, 1.54) is 0 Å². The van der Waals surface area contributed by atoms with Gasteiger partial charge in [0.15, 0.2) is 0 Å². The van der Waals surface area contributed by atoms with Crippen molar-refractivity contribution in [1.29, 1.82) is 0 Å². The first-order valence-electron chi connectivity index (χ1n) is 9.77. The Morgan fingerprint density at radius 1 is 1.07 bits per heavy atom. The molecule has 3 aromatic rings. The van der Waals surface area contributed by atoms with E-state index in [2.05, 4.69) is 34.3 Å². The number of benzene rings is 2. The van der Waals surface area contributed by atoms with Gasteiger partial charge in [-0.3, -0.25) is 9.69 Å². The summed E-state index contributed by atoms with van der Waals surface area (Å²) < 4.78 is 7.14. The highest BCUT2D eigenvalue weighted by atomic mass is 16.5. The fourth-order valence-corrected chi connectivity index (χ4v) is 3.64. The zero-order valence-electron chi connectivity index (χ0n) is 16.8. The van der Waals surface area contributed by atoms with Crippen molar-refractivity contribution in [3.8, 4) is 11.4 Å². The summed E-state index contributed by atoms with van der Waals surface area (Å²) in [6.45, 7) is 5.85. The highest BCUT2D eigenvalue weighted by molar-refractivity contribution is 5.94. The lowest BCUT2D eigenvalue weighted by molar-refractivity contribution is 0.0625. The molecule has 1 saturated heterocycles. The SMILES string of the molecule is COc1cccc(C(=O)N2CCN(Cc3cnnn3-c3ccccc3C)CC2)c1. The molecular weight excluding hydrogens is 366 g/mol. The van der Waals surface area contributed by atoms with Crippen LogP contribution in [0.1, 0.15) is 21.6 Å². The van der Waals surface area contributed by atoms with Crippen molar-refractivity contribution in [1.82, 2.24) is 24.8 Å². The second kappa shape index (κ2) is 8.45. The van der Waals surface area contributed by atoms with E-state index in [4.69, 9.17) is 4.74 Å². The molecule has 1 aliphatic heterocycles. The third-order valence-corrected chi connectivity index (χ3v) is 5.33. The summed E-state index contributed by atoms with van der Waals surface area (Å²) in [5.74, 6) is 0.752. The molecule has 0 radical (unpaired) electrons. The lowest BCUT2D eigenvalue weighted by Crippen LogP contribution is -2.48. The highest BCUT2D eigenvalue weighted by Crippen LogP contribution is 2.18. The maximum Gasteiger partial charge on any atom is 0.254 e. The molecule has 1 amide bonds. The Morgan fingerprint density at radius 3 is 2.62 bits per heavy atom. The number of methoxy groups -OCH3 is 1. The summed E-state index contributed by atoms with van der Waals surface area (Å²) in [4.78, 5) is 17.0. The summed E-state index contributed by atoms with van der Waals surface area (Å²) >= 11 is 0. The van der Waals surface area contributed by atoms with E-state index in [0.717, 1.165) is 36.6 Å². The molecule has 0 N–H and O–H groups in total. The number of piperazine rings is 1. The first-order chi connectivity index (χ1) is 14.2. The fourth-order valence-electron chi connectivity index (χ4n) is 3.64. The van der Waals surface area contributed by atoms with E-state index in [1.54, 1.807) is 13.2 Å². The predicted octanol–water partition coefficient (Wildman–Crippen LogP) is 2.54. The Bertz CT molecular complexity index is 992. The van der Waals surface area contributed by atoms with Gasteiger partial charge in [-0.2, -0.15) is 0 Å². The second-order valence-electron chi connectivity index (χ2n) is 7.22. The van der Waals surface area contributed by atoms with Gasteiger partial charge in [0.2, 0.25) is 0 Å². The van der Waals surface area contributed by atoms with E-state index in [0.29, 0.717) is 24.4 Å². The van der Waals surface area contributed by atoms with Gasteiger partial charge in [-0.15, -0.1) is 5.10 Å². The number of aromatic nitrogens is 3. The third-order valence-electron chi connectivity index (χ3n) is 5.33. The van der Waals surface area contributed by atoms with Gasteiger partial charge in [-0.1, -0.05) is 29.5 Å². The minimum Gasteiger partial charge on any atom is -0.497 e. The predicted molar refractivity (Wildman–Crippen MR) is 110 cm³/mol. The monoisotopic (exact) mass is 391 g/mol. The second-order valence-corrected chi connectivity index (χ2v) is 7.22. The molecule has 4 rings (SSSR count). The Morgan fingerprint density at radius 2 is 1.86 bits per heavy atom. The number of nitrogens with zero attached hydrogens (tertiary/aromatic N) is 5. The lowest BCUT2D eigenvalue weighted by atomic mass is 10.1. The third kappa shape index (κ3) is 4.14. The van der Waals surface area contributed by atoms with Crippen molar-refractivity contribution >= 4 is 5.91 Å². The van der Waals surface area contributed by atoms with Crippen molar-refractivity contribution in [3.63, 3.8) is 0 Å². The molecular formula is C22H25N5O2. The van der Waals surface area contributed by atoms with Crippen LogP contribution < -0.4 is 4.74 Å². The number of aryl methyl sites for hydroxylation is 1. The van der Waals surface area contributed by atoms with Crippen LogP contribution in [0.15, 0.2) is 54.7 Å². The minimum absolute atomic E-state index is 0.0511. The van der Waals surface area contributed by atoms with Crippen LogP contribution in [0.25, 0.3) is 5.69 Å². The van der Waals surface area contributed by atoms with Crippen molar-refractivity contribution in [2.45, 2.75) is 13.5 Å². The molecule has 0 spiro atoms. The summed E-state index contributed by atoms with van der Waals surface area (Å²) in [6, 6.07) is 15.5. The van der Waals surface area contributed by atoms with Gasteiger partial charge in [0.25, 0.3) is 5.91 Å². The number of rotatable bonds is 5. The van der Waals surface area contributed by atoms with Gasteiger partial charge >= 0.3 is 0 Å². The molecule has 0 atom stereocenters. The molecule has 0 unspecified atom stereocenters. The number of carbonyl (C=O) groups excluding carboxylic acids is 1.